The summed E-state index contributed by atoms with van der Waals surface area (Å²) in [5.41, 5.74) is 0. The maximum absolute atomic E-state index is 9.44. The van der Waals surface area contributed by atoms with Crippen molar-refractivity contribution >= 4 is 27.9 Å². The Balaban J connectivity index is 2.82. The third-order valence-electron chi connectivity index (χ3n) is 0.415. The van der Waals surface area contributed by atoms with Gasteiger partial charge in [-0.15, -0.1) is 4.40 Å². The van der Waals surface area contributed by atoms with Crippen molar-refractivity contribution in [2.45, 2.75) is 13.3 Å². The molecule has 0 spiro atoms. The van der Waals surface area contributed by atoms with Crippen molar-refractivity contribution < 1.29 is 4.79 Å². The fourth-order valence-electron chi connectivity index (χ4n) is 0.162. The summed E-state index contributed by atoms with van der Waals surface area (Å²) in [5, 5.41) is 0. The Labute approximate surface area is 56.7 Å². The fraction of sp³-hybridized carbons (Fsp3) is 0.750. The van der Waals surface area contributed by atoms with Crippen LogP contribution in [0, 0.1) is 0 Å². The summed E-state index contributed by atoms with van der Waals surface area (Å²) in [6.07, 6.45) is 2.56. The first kappa shape index (κ1) is 8.08. The molecule has 46 valence electrons. The molecule has 0 saturated heterocycles. The summed E-state index contributed by atoms with van der Waals surface area (Å²) in [4.78, 5) is 9.44. The van der Waals surface area contributed by atoms with Gasteiger partial charge in [0.2, 0.25) is 6.08 Å². The molecule has 0 bridgehead atoms. The van der Waals surface area contributed by atoms with E-state index >= 15 is 0 Å². The van der Waals surface area contributed by atoms with Crippen LogP contribution in [0.3, 0.4) is 0 Å². The molecule has 0 aliphatic carbocycles. The SMILES string of the molecule is CCCSSN=C=O. The zero-order valence-electron chi connectivity index (χ0n) is 4.59. The lowest BCUT2D eigenvalue weighted by atomic mass is 10.6. The molecule has 0 aromatic carbocycles. The Kier molecular flexibility index (Phi) is 7.15. The average molecular weight is 149 g/mol. The molecule has 0 atom stereocenters. The predicted molar refractivity (Wildman–Crippen MR) is 38.5 cm³/mol. The van der Waals surface area contributed by atoms with Gasteiger partial charge in [-0.25, -0.2) is 4.79 Å². The monoisotopic (exact) mass is 149 g/mol. The van der Waals surface area contributed by atoms with E-state index in [1.165, 1.54) is 17.1 Å². The molecule has 8 heavy (non-hydrogen) atoms. The van der Waals surface area contributed by atoms with Crippen LogP contribution in [0.25, 0.3) is 0 Å². The van der Waals surface area contributed by atoms with Crippen LogP contribution >= 0.6 is 21.8 Å². The summed E-state index contributed by atoms with van der Waals surface area (Å²) in [7, 11) is 2.76. The largest absolute Gasteiger partial charge is 0.248 e. The summed E-state index contributed by atoms with van der Waals surface area (Å²) in [6.45, 7) is 2.08. The Bertz CT molecular complexity index is 90.0. The lowest BCUT2D eigenvalue weighted by Gasteiger charge is -1.85. The normalized spacial score (nSPS) is 8.12. The molecular weight excluding hydrogens is 142 g/mol. The molecule has 2 nitrogen and oxygen atoms in total. The first-order chi connectivity index (χ1) is 3.91. The maximum Gasteiger partial charge on any atom is 0.248 e. The van der Waals surface area contributed by atoms with E-state index in [1.54, 1.807) is 10.8 Å². The first-order valence-electron chi connectivity index (χ1n) is 2.27. The van der Waals surface area contributed by atoms with Crippen molar-refractivity contribution in [3.05, 3.63) is 0 Å². The number of hydrogen-bond donors (Lipinski definition) is 0. The number of rotatable bonds is 4. The van der Waals surface area contributed by atoms with Crippen molar-refractivity contribution in [1.82, 2.24) is 0 Å². The van der Waals surface area contributed by atoms with E-state index in [0.717, 1.165) is 12.2 Å². The Hall–Kier alpha value is 0.0800. The highest BCUT2D eigenvalue weighted by atomic mass is 33.1. The van der Waals surface area contributed by atoms with Gasteiger partial charge in [-0.1, -0.05) is 17.7 Å². The molecule has 0 N–H and O–H groups in total. The summed E-state index contributed by atoms with van der Waals surface area (Å²) >= 11 is 0. The van der Waals surface area contributed by atoms with Crippen molar-refractivity contribution in [3.8, 4) is 0 Å². The summed E-state index contributed by atoms with van der Waals surface area (Å²) in [6, 6.07) is 0. The minimum absolute atomic E-state index is 1.04. The molecule has 0 rings (SSSR count). The van der Waals surface area contributed by atoms with Crippen LogP contribution in [-0.4, -0.2) is 11.8 Å². The molecule has 0 aliphatic heterocycles. The van der Waals surface area contributed by atoms with Gasteiger partial charge in [-0.2, -0.15) is 0 Å². The minimum atomic E-state index is 1.04. The second-order valence-corrected chi connectivity index (χ2v) is 3.21. The number of nitrogens with zero attached hydrogens (tertiary/aromatic N) is 1. The molecule has 0 saturated carbocycles. The van der Waals surface area contributed by atoms with Crippen molar-refractivity contribution in [1.29, 1.82) is 0 Å². The molecule has 0 radical (unpaired) electrons. The lowest BCUT2D eigenvalue weighted by molar-refractivity contribution is 0.566. The van der Waals surface area contributed by atoms with Gasteiger partial charge in [0.05, 0.1) is 11.0 Å². The highest BCUT2D eigenvalue weighted by molar-refractivity contribution is 8.76. The van der Waals surface area contributed by atoms with Gasteiger partial charge in [0, 0.05) is 5.75 Å². The Morgan fingerprint density at radius 3 is 3.00 bits per heavy atom. The molecule has 0 amide bonds. The van der Waals surface area contributed by atoms with Gasteiger partial charge >= 0.3 is 0 Å². The van der Waals surface area contributed by atoms with Crippen LogP contribution in [-0.2, 0) is 4.79 Å². The van der Waals surface area contributed by atoms with Gasteiger partial charge < -0.3 is 0 Å². The van der Waals surface area contributed by atoms with Gasteiger partial charge in [0.1, 0.15) is 0 Å². The van der Waals surface area contributed by atoms with E-state index in [4.69, 9.17) is 0 Å². The van der Waals surface area contributed by atoms with E-state index < -0.39 is 0 Å². The van der Waals surface area contributed by atoms with Gasteiger partial charge in [-0.3, -0.25) is 0 Å². The Morgan fingerprint density at radius 1 is 1.75 bits per heavy atom. The van der Waals surface area contributed by atoms with Crippen LogP contribution in [0.1, 0.15) is 13.3 Å². The number of hydrogen-bond acceptors (Lipinski definition) is 4. The minimum Gasteiger partial charge on any atom is -0.210 e. The lowest BCUT2D eigenvalue weighted by Crippen LogP contribution is -1.64. The quantitative estimate of drug-likeness (QED) is 0.201. The third kappa shape index (κ3) is 6.08. The van der Waals surface area contributed by atoms with Crippen LogP contribution in [0.4, 0.5) is 0 Å². The second kappa shape index (κ2) is 7.08. The molecule has 0 heterocycles. The predicted octanol–water partition coefficient (Wildman–Crippen LogP) is 2.03. The van der Waals surface area contributed by atoms with Gasteiger partial charge in [-0.05, 0) is 6.42 Å². The highest BCUT2D eigenvalue weighted by Gasteiger charge is 1.81. The molecule has 4 heteroatoms. The molecule has 0 fully saturated rings. The average Bonchev–Trinajstić information content (AvgIpc) is 1.81. The third-order valence-corrected chi connectivity index (χ3v) is 2.28. The van der Waals surface area contributed by atoms with E-state index in [2.05, 4.69) is 11.3 Å². The molecule has 0 unspecified atom stereocenters. The number of carbonyl (C=O) groups excluding carboxylic acids is 1. The highest BCUT2D eigenvalue weighted by Crippen LogP contribution is 2.21. The van der Waals surface area contributed by atoms with Crippen molar-refractivity contribution in [2.24, 2.45) is 4.40 Å². The van der Waals surface area contributed by atoms with E-state index in [-0.39, 0.29) is 0 Å². The maximum atomic E-state index is 9.44. The summed E-state index contributed by atoms with van der Waals surface area (Å²) in [5.74, 6) is 1.04. The van der Waals surface area contributed by atoms with Crippen molar-refractivity contribution in [3.63, 3.8) is 0 Å². The van der Waals surface area contributed by atoms with Crippen LogP contribution in [0.15, 0.2) is 4.40 Å². The van der Waals surface area contributed by atoms with Crippen LogP contribution in [0.2, 0.25) is 0 Å². The standard InChI is InChI=1S/C4H7NOS2/c1-2-3-7-8-5-4-6/h2-3H2,1H3. The molecule has 0 aliphatic rings. The first-order valence-corrected chi connectivity index (χ1v) is 4.55. The van der Waals surface area contributed by atoms with Gasteiger partial charge in [0.15, 0.2) is 0 Å². The van der Waals surface area contributed by atoms with E-state index in [0.29, 0.717) is 0 Å². The number of isocyanates is 1. The molecule has 0 aromatic rings. The second-order valence-electron chi connectivity index (χ2n) is 1.08. The van der Waals surface area contributed by atoms with Crippen LogP contribution < -0.4 is 0 Å². The smallest absolute Gasteiger partial charge is 0.210 e. The fourth-order valence-corrected chi connectivity index (χ4v) is 1.46. The zero-order chi connectivity index (χ0) is 6.24. The topological polar surface area (TPSA) is 29.4 Å². The van der Waals surface area contributed by atoms with Gasteiger partial charge in [0.25, 0.3) is 0 Å². The zero-order valence-corrected chi connectivity index (χ0v) is 6.22. The molecule has 0 aromatic heterocycles. The van der Waals surface area contributed by atoms with Crippen LogP contribution in [0.5, 0.6) is 0 Å². The summed E-state index contributed by atoms with van der Waals surface area (Å²) < 4.78 is 3.28. The van der Waals surface area contributed by atoms with E-state index in [1.807, 2.05) is 0 Å². The Morgan fingerprint density at radius 2 is 2.50 bits per heavy atom. The van der Waals surface area contributed by atoms with E-state index in [9.17, 15) is 4.79 Å². The van der Waals surface area contributed by atoms with Crippen molar-refractivity contribution in [2.75, 3.05) is 5.75 Å². The molecular formula is C4H7NOS2.